The molecule has 0 radical (unpaired) electrons. The van der Waals surface area contributed by atoms with Crippen LogP contribution in [0, 0.1) is 0 Å². The van der Waals surface area contributed by atoms with E-state index in [0.717, 1.165) is 12.1 Å². The maximum Gasteiger partial charge on any atom is 0.416 e. The fourth-order valence-electron chi connectivity index (χ4n) is 2.53. The summed E-state index contributed by atoms with van der Waals surface area (Å²) < 4.78 is 49.9. The molecule has 1 N–H and O–H groups in total. The standard InChI is InChI=1S/C18H17F3N2O2S/c1-23(10-14-11-24-15-7-2-3-8-16(15)25-14)17(26)22-13-6-4-5-12(9-13)18(19,20)21/h2-9,14H,10-11H2,1H3,(H,22,26). The summed E-state index contributed by atoms with van der Waals surface area (Å²) in [5.74, 6) is 1.35. The van der Waals surface area contributed by atoms with Gasteiger partial charge < -0.3 is 19.7 Å². The van der Waals surface area contributed by atoms with Gasteiger partial charge in [0.1, 0.15) is 6.61 Å². The second-order valence-corrected chi connectivity index (χ2v) is 6.27. The summed E-state index contributed by atoms with van der Waals surface area (Å²) >= 11 is 5.28. The third kappa shape index (κ3) is 4.37. The molecule has 0 saturated heterocycles. The van der Waals surface area contributed by atoms with Crippen LogP contribution in [0.1, 0.15) is 5.56 Å². The molecule has 1 unspecified atom stereocenters. The zero-order chi connectivity index (χ0) is 18.7. The van der Waals surface area contributed by atoms with Gasteiger partial charge in [-0.1, -0.05) is 18.2 Å². The van der Waals surface area contributed by atoms with Crippen LogP contribution in [-0.2, 0) is 6.18 Å². The van der Waals surface area contributed by atoms with Crippen LogP contribution in [0.15, 0.2) is 48.5 Å². The van der Waals surface area contributed by atoms with Crippen molar-refractivity contribution in [1.82, 2.24) is 4.90 Å². The number of hydrogen-bond donors (Lipinski definition) is 1. The van der Waals surface area contributed by atoms with Crippen molar-refractivity contribution in [3.05, 3.63) is 54.1 Å². The average Bonchev–Trinajstić information content (AvgIpc) is 2.61. The van der Waals surface area contributed by atoms with Crippen molar-refractivity contribution in [3.8, 4) is 11.5 Å². The number of fused-ring (bicyclic) bond motifs is 1. The molecule has 8 heteroatoms. The van der Waals surface area contributed by atoms with Crippen molar-refractivity contribution in [2.45, 2.75) is 12.3 Å². The molecule has 0 spiro atoms. The van der Waals surface area contributed by atoms with Gasteiger partial charge in [-0.25, -0.2) is 0 Å². The fourth-order valence-corrected chi connectivity index (χ4v) is 2.73. The number of halogens is 3. The van der Waals surface area contributed by atoms with E-state index in [2.05, 4.69) is 5.32 Å². The lowest BCUT2D eigenvalue weighted by Crippen LogP contribution is -2.43. The largest absolute Gasteiger partial charge is 0.486 e. The molecule has 1 aliphatic heterocycles. The Bertz CT molecular complexity index is 798. The van der Waals surface area contributed by atoms with E-state index in [4.69, 9.17) is 21.7 Å². The molecule has 2 aromatic rings. The lowest BCUT2D eigenvalue weighted by atomic mass is 10.2. The topological polar surface area (TPSA) is 33.7 Å². The molecule has 0 aromatic heterocycles. The van der Waals surface area contributed by atoms with Crippen molar-refractivity contribution in [2.24, 2.45) is 0 Å². The summed E-state index contributed by atoms with van der Waals surface area (Å²) in [6, 6.07) is 12.3. The molecule has 138 valence electrons. The molecule has 0 aliphatic carbocycles. The minimum absolute atomic E-state index is 0.240. The maximum atomic E-state index is 12.8. The highest BCUT2D eigenvalue weighted by Crippen LogP contribution is 2.32. The molecule has 1 aliphatic rings. The number of thiocarbonyl (C=S) groups is 1. The second-order valence-electron chi connectivity index (χ2n) is 5.89. The first-order valence-electron chi connectivity index (χ1n) is 7.91. The van der Waals surface area contributed by atoms with E-state index in [1.807, 2.05) is 24.3 Å². The lowest BCUT2D eigenvalue weighted by molar-refractivity contribution is -0.137. The number of hydrogen-bond acceptors (Lipinski definition) is 3. The minimum atomic E-state index is -4.40. The van der Waals surface area contributed by atoms with E-state index < -0.39 is 11.7 Å². The molecule has 0 bridgehead atoms. The number of likely N-dealkylation sites (N-methyl/N-ethyl adjacent to an activating group) is 1. The third-order valence-electron chi connectivity index (χ3n) is 3.83. The van der Waals surface area contributed by atoms with Gasteiger partial charge in [0, 0.05) is 12.7 Å². The number of nitrogens with one attached hydrogen (secondary N) is 1. The highest BCUT2D eigenvalue weighted by atomic mass is 32.1. The van der Waals surface area contributed by atoms with Gasteiger partial charge in [-0.05, 0) is 42.5 Å². The number of nitrogens with zero attached hydrogens (tertiary/aromatic N) is 1. The Labute approximate surface area is 154 Å². The van der Waals surface area contributed by atoms with Crippen LogP contribution in [0.25, 0.3) is 0 Å². The molecule has 0 saturated carbocycles. The average molecular weight is 382 g/mol. The quantitative estimate of drug-likeness (QED) is 0.806. The van der Waals surface area contributed by atoms with Crippen molar-refractivity contribution in [2.75, 3.05) is 25.5 Å². The molecule has 4 nitrogen and oxygen atoms in total. The molecule has 2 aromatic carbocycles. The van der Waals surface area contributed by atoms with Crippen LogP contribution < -0.4 is 14.8 Å². The predicted molar refractivity (Wildman–Crippen MR) is 96.6 cm³/mol. The molecule has 1 atom stereocenters. The van der Waals surface area contributed by atoms with E-state index in [9.17, 15) is 13.2 Å². The van der Waals surface area contributed by atoms with Gasteiger partial charge in [0.2, 0.25) is 0 Å². The normalized spacial score (nSPS) is 16.1. The van der Waals surface area contributed by atoms with Gasteiger partial charge in [-0.2, -0.15) is 13.2 Å². The molecule has 0 fully saturated rings. The highest BCUT2D eigenvalue weighted by molar-refractivity contribution is 7.80. The zero-order valence-corrected chi connectivity index (χ0v) is 14.7. The Hall–Kier alpha value is -2.48. The fraction of sp³-hybridized carbons (Fsp3) is 0.278. The summed E-state index contributed by atoms with van der Waals surface area (Å²) in [7, 11) is 1.74. The number of benzene rings is 2. The Morgan fingerprint density at radius 2 is 1.92 bits per heavy atom. The number of para-hydroxylation sites is 2. The summed E-state index contributed by atoms with van der Waals surface area (Å²) in [6.45, 7) is 0.798. The second kappa shape index (κ2) is 7.41. The Morgan fingerprint density at radius 1 is 1.19 bits per heavy atom. The Balaban J connectivity index is 1.59. The Morgan fingerprint density at radius 3 is 2.65 bits per heavy atom. The summed E-state index contributed by atoms with van der Waals surface area (Å²) in [4.78, 5) is 1.71. The molecule has 0 amide bonds. The van der Waals surface area contributed by atoms with Crippen LogP contribution in [-0.4, -0.2) is 36.3 Å². The maximum absolute atomic E-state index is 12.8. The van der Waals surface area contributed by atoms with E-state index >= 15 is 0 Å². The van der Waals surface area contributed by atoms with Crippen molar-refractivity contribution in [3.63, 3.8) is 0 Å². The van der Waals surface area contributed by atoms with Crippen LogP contribution in [0.2, 0.25) is 0 Å². The monoisotopic (exact) mass is 382 g/mol. The van der Waals surface area contributed by atoms with E-state index in [1.165, 1.54) is 12.1 Å². The van der Waals surface area contributed by atoms with Gasteiger partial charge in [0.25, 0.3) is 0 Å². The molecule has 1 heterocycles. The predicted octanol–water partition coefficient (Wildman–Crippen LogP) is 4.17. The van der Waals surface area contributed by atoms with Crippen molar-refractivity contribution < 1.29 is 22.6 Å². The van der Waals surface area contributed by atoms with E-state index in [0.29, 0.717) is 29.8 Å². The van der Waals surface area contributed by atoms with Gasteiger partial charge in [-0.15, -0.1) is 0 Å². The first-order chi connectivity index (χ1) is 12.3. The van der Waals surface area contributed by atoms with Gasteiger partial charge >= 0.3 is 6.18 Å². The van der Waals surface area contributed by atoms with Gasteiger partial charge in [-0.3, -0.25) is 0 Å². The lowest BCUT2D eigenvalue weighted by Gasteiger charge is -2.30. The summed E-state index contributed by atoms with van der Waals surface area (Å²) in [5, 5.41) is 3.12. The zero-order valence-electron chi connectivity index (χ0n) is 13.9. The summed E-state index contributed by atoms with van der Waals surface area (Å²) in [6.07, 6.45) is -4.64. The number of anilines is 1. The van der Waals surface area contributed by atoms with Crippen molar-refractivity contribution >= 4 is 23.0 Å². The summed E-state index contributed by atoms with van der Waals surface area (Å²) in [5.41, 5.74) is -0.448. The van der Waals surface area contributed by atoms with Crippen LogP contribution in [0.3, 0.4) is 0 Å². The van der Waals surface area contributed by atoms with Crippen LogP contribution in [0.5, 0.6) is 11.5 Å². The van der Waals surface area contributed by atoms with Crippen LogP contribution >= 0.6 is 12.2 Å². The smallest absolute Gasteiger partial charge is 0.416 e. The minimum Gasteiger partial charge on any atom is -0.486 e. The van der Waals surface area contributed by atoms with Crippen molar-refractivity contribution in [1.29, 1.82) is 0 Å². The van der Waals surface area contributed by atoms with E-state index in [-0.39, 0.29) is 11.8 Å². The molecule has 26 heavy (non-hydrogen) atoms. The number of rotatable bonds is 3. The van der Waals surface area contributed by atoms with Gasteiger partial charge in [0.15, 0.2) is 22.7 Å². The highest BCUT2D eigenvalue weighted by Gasteiger charge is 2.30. The molecular weight excluding hydrogens is 365 g/mol. The molecule has 3 rings (SSSR count). The third-order valence-corrected chi connectivity index (χ3v) is 4.25. The van der Waals surface area contributed by atoms with Gasteiger partial charge in [0.05, 0.1) is 12.1 Å². The number of ether oxygens (including phenoxy) is 2. The van der Waals surface area contributed by atoms with E-state index in [1.54, 1.807) is 11.9 Å². The Kier molecular flexibility index (Phi) is 5.22. The SMILES string of the molecule is CN(CC1COc2ccccc2O1)C(=S)Nc1cccc(C(F)(F)F)c1. The first-order valence-corrected chi connectivity index (χ1v) is 8.31. The molecular formula is C18H17F3N2O2S. The van der Waals surface area contributed by atoms with Crippen LogP contribution in [0.4, 0.5) is 18.9 Å². The number of alkyl halides is 3. The first kappa shape index (κ1) is 18.3.